The molecule has 1 rings (SSSR count). The summed E-state index contributed by atoms with van der Waals surface area (Å²) in [4.78, 5) is 34.7. The molecule has 0 radical (unpaired) electrons. The van der Waals surface area contributed by atoms with Gasteiger partial charge in [0, 0.05) is 32.2 Å². The Balaban J connectivity index is 3.11. The Morgan fingerprint density at radius 3 is 2.24 bits per heavy atom. The number of nitrogens with two attached hydrogens (primary N) is 1. The lowest BCUT2D eigenvalue weighted by molar-refractivity contribution is -0.169. The lowest BCUT2D eigenvalue weighted by Crippen LogP contribution is -2.44. The first-order valence-corrected chi connectivity index (χ1v) is 9.79. The molecule has 0 aliphatic carbocycles. The molecule has 0 fully saturated rings. The third-order valence-electron chi connectivity index (χ3n) is 3.56. The second-order valence-electron chi connectivity index (χ2n) is 6.16. The first-order chi connectivity index (χ1) is 13.6. The molecule has 0 aliphatic rings. The van der Waals surface area contributed by atoms with Gasteiger partial charge in [-0.15, -0.1) is 0 Å². The maximum absolute atomic E-state index is 11.5. The molecule has 1 aromatic carbocycles. The number of thioether (sulfide) groups is 1. The van der Waals surface area contributed by atoms with Crippen molar-refractivity contribution in [3.05, 3.63) is 24.3 Å². The maximum Gasteiger partial charge on any atom is 0.303 e. The fourth-order valence-corrected chi connectivity index (χ4v) is 3.44. The molecule has 0 heterocycles. The lowest BCUT2D eigenvalue weighted by atomic mass is 10.2. The zero-order valence-corrected chi connectivity index (χ0v) is 17.6. The van der Waals surface area contributed by atoms with Crippen LogP contribution in [0, 0.1) is 0 Å². The van der Waals surface area contributed by atoms with Gasteiger partial charge < -0.3 is 29.8 Å². The van der Waals surface area contributed by atoms with Crippen molar-refractivity contribution >= 4 is 29.7 Å². The predicted molar refractivity (Wildman–Crippen MR) is 105 cm³/mol. The van der Waals surface area contributed by atoms with E-state index in [0.29, 0.717) is 4.90 Å². The van der Waals surface area contributed by atoms with Crippen LogP contribution >= 0.6 is 11.8 Å². The number of phenols is 1. The van der Waals surface area contributed by atoms with Crippen LogP contribution in [-0.2, 0) is 33.3 Å². The first kappa shape index (κ1) is 24.7. The highest BCUT2D eigenvalue weighted by atomic mass is 32.2. The number of ether oxygens (including phenoxy) is 4. The summed E-state index contributed by atoms with van der Waals surface area (Å²) in [6.45, 7) is 5.11. The number of aromatic hydroxyl groups is 1. The number of phenolic OH excluding ortho intramolecular Hbond substituents is 1. The molecule has 2 unspecified atom stereocenters. The normalized spacial score (nSPS) is 14.9. The topological polar surface area (TPSA) is 134 Å². The van der Waals surface area contributed by atoms with Crippen molar-refractivity contribution < 1.29 is 38.4 Å². The molecule has 1 aromatic rings. The van der Waals surface area contributed by atoms with Gasteiger partial charge in [0.15, 0.2) is 0 Å². The second kappa shape index (κ2) is 12.3. The molecular weight excluding hydrogens is 402 g/mol. The standard InChI is InChI=1S/C19H27NO8S/c1-11(26-13(3)22)18(10-25-12(2)21)28-19(17(9-20)27-14(4)23)29-16-7-5-6-15(24)8-16/h5-8,11,17-19,24H,9-10,20H2,1-4H3/t11-,17+,18?,19?/m1/s1. The summed E-state index contributed by atoms with van der Waals surface area (Å²) >= 11 is 1.16. The van der Waals surface area contributed by atoms with E-state index in [4.69, 9.17) is 24.7 Å². The number of benzene rings is 1. The summed E-state index contributed by atoms with van der Waals surface area (Å²) in [6.07, 6.45) is -2.44. The van der Waals surface area contributed by atoms with E-state index in [9.17, 15) is 19.5 Å². The molecule has 0 saturated heterocycles. The first-order valence-electron chi connectivity index (χ1n) is 8.91. The molecule has 0 bridgehead atoms. The molecule has 0 spiro atoms. The average Bonchev–Trinajstić information content (AvgIpc) is 2.61. The van der Waals surface area contributed by atoms with Gasteiger partial charge in [-0.3, -0.25) is 14.4 Å². The summed E-state index contributed by atoms with van der Waals surface area (Å²) < 4.78 is 21.5. The van der Waals surface area contributed by atoms with Gasteiger partial charge in [-0.2, -0.15) is 0 Å². The summed E-state index contributed by atoms with van der Waals surface area (Å²) in [6, 6.07) is 6.41. The van der Waals surface area contributed by atoms with Gasteiger partial charge in [0.1, 0.15) is 36.1 Å². The van der Waals surface area contributed by atoms with Crippen LogP contribution in [-0.4, -0.2) is 59.9 Å². The quantitative estimate of drug-likeness (QED) is 0.231. The zero-order valence-electron chi connectivity index (χ0n) is 16.8. The number of hydrogen-bond donors (Lipinski definition) is 2. The van der Waals surface area contributed by atoms with Crippen LogP contribution in [0.4, 0.5) is 0 Å². The molecule has 3 N–H and O–H groups in total. The van der Waals surface area contributed by atoms with E-state index >= 15 is 0 Å². The number of hydrogen-bond acceptors (Lipinski definition) is 10. The molecule has 0 amide bonds. The van der Waals surface area contributed by atoms with Crippen LogP contribution in [0.25, 0.3) is 0 Å². The van der Waals surface area contributed by atoms with Crippen molar-refractivity contribution in [1.82, 2.24) is 0 Å². The van der Waals surface area contributed by atoms with E-state index in [1.54, 1.807) is 19.1 Å². The van der Waals surface area contributed by atoms with Gasteiger partial charge in [0.05, 0.1) is 0 Å². The summed E-state index contributed by atoms with van der Waals surface area (Å²) in [5.74, 6) is -1.55. The van der Waals surface area contributed by atoms with Crippen molar-refractivity contribution in [2.24, 2.45) is 5.73 Å². The molecule has 10 heteroatoms. The van der Waals surface area contributed by atoms with Crippen LogP contribution in [0.5, 0.6) is 5.75 Å². The smallest absolute Gasteiger partial charge is 0.303 e. The second-order valence-corrected chi connectivity index (χ2v) is 7.33. The van der Waals surface area contributed by atoms with Crippen LogP contribution < -0.4 is 5.73 Å². The van der Waals surface area contributed by atoms with Gasteiger partial charge in [0.2, 0.25) is 0 Å². The Hall–Kier alpha value is -2.30. The Bertz CT molecular complexity index is 699. The number of rotatable bonds is 11. The third-order valence-corrected chi connectivity index (χ3v) is 4.73. The minimum Gasteiger partial charge on any atom is -0.508 e. The average molecular weight is 429 g/mol. The fraction of sp³-hybridized carbons (Fsp3) is 0.526. The van der Waals surface area contributed by atoms with Crippen LogP contribution in [0.15, 0.2) is 29.2 Å². The number of esters is 3. The highest BCUT2D eigenvalue weighted by molar-refractivity contribution is 7.99. The maximum atomic E-state index is 11.5. The van der Waals surface area contributed by atoms with E-state index in [2.05, 4.69) is 0 Å². The van der Waals surface area contributed by atoms with Crippen molar-refractivity contribution in [2.45, 2.75) is 56.3 Å². The molecule has 4 atom stereocenters. The van der Waals surface area contributed by atoms with Crippen molar-refractivity contribution in [1.29, 1.82) is 0 Å². The van der Waals surface area contributed by atoms with Gasteiger partial charge in [-0.25, -0.2) is 0 Å². The Labute approximate surface area is 173 Å². The van der Waals surface area contributed by atoms with Crippen LogP contribution in [0.3, 0.4) is 0 Å². The van der Waals surface area contributed by atoms with Crippen LogP contribution in [0.2, 0.25) is 0 Å². The number of carbonyl (C=O) groups excluding carboxylic acids is 3. The molecule has 0 aliphatic heterocycles. The third kappa shape index (κ3) is 9.64. The van der Waals surface area contributed by atoms with Crippen molar-refractivity contribution in [2.75, 3.05) is 13.2 Å². The fourth-order valence-electron chi connectivity index (χ4n) is 2.31. The molecule has 29 heavy (non-hydrogen) atoms. The predicted octanol–water partition coefficient (Wildman–Crippen LogP) is 1.60. The molecule has 9 nitrogen and oxygen atoms in total. The van der Waals surface area contributed by atoms with E-state index in [-0.39, 0.29) is 18.9 Å². The van der Waals surface area contributed by atoms with Crippen molar-refractivity contribution in [3.63, 3.8) is 0 Å². The van der Waals surface area contributed by atoms with Crippen LogP contribution in [0.1, 0.15) is 27.7 Å². The molecule has 162 valence electrons. The Morgan fingerprint density at radius 1 is 1.07 bits per heavy atom. The van der Waals surface area contributed by atoms with Gasteiger partial charge in [-0.1, -0.05) is 17.8 Å². The highest BCUT2D eigenvalue weighted by Crippen LogP contribution is 2.31. The summed E-state index contributed by atoms with van der Waals surface area (Å²) in [5, 5.41) is 9.70. The largest absolute Gasteiger partial charge is 0.508 e. The van der Waals surface area contributed by atoms with Gasteiger partial charge in [0.25, 0.3) is 0 Å². The Morgan fingerprint density at radius 2 is 1.72 bits per heavy atom. The molecule has 0 saturated carbocycles. The van der Waals surface area contributed by atoms with Gasteiger partial charge in [-0.05, 0) is 25.1 Å². The molecular formula is C19H27NO8S. The van der Waals surface area contributed by atoms with E-state index in [1.165, 1.54) is 32.9 Å². The minimum absolute atomic E-state index is 0.0434. The minimum atomic E-state index is -0.845. The van der Waals surface area contributed by atoms with E-state index in [1.807, 2.05) is 0 Å². The highest BCUT2D eigenvalue weighted by Gasteiger charge is 2.32. The summed E-state index contributed by atoms with van der Waals surface area (Å²) in [5.41, 5.74) is 4.94. The molecule has 0 aromatic heterocycles. The van der Waals surface area contributed by atoms with E-state index in [0.717, 1.165) is 11.8 Å². The van der Waals surface area contributed by atoms with E-state index < -0.39 is 41.7 Å². The lowest BCUT2D eigenvalue weighted by Gasteiger charge is -2.31. The van der Waals surface area contributed by atoms with Crippen molar-refractivity contribution in [3.8, 4) is 5.75 Å². The monoisotopic (exact) mass is 429 g/mol. The number of carbonyl (C=O) groups is 3. The van der Waals surface area contributed by atoms with Gasteiger partial charge >= 0.3 is 17.9 Å². The Kier molecular flexibility index (Phi) is 10.5. The zero-order chi connectivity index (χ0) is 22.0. The summed E-state index contributed by atoms with van der Waals surface area (Å²) in [7, 11) is 0. The SMILES string of the molecule is CC(=O)OCC(OC(Sc1cccc(O)c1)[C@H](CN)OC(C)=O)[C@@H](C)OC(C)=O.